The molecule has 18 heavy (non-hydrogen) atoms. The van der Waals surface area contributed by atoms with E-state index in [1.54, 1.807) is 0 Å². The van der Waals surface area contributed by atoms with E-state index in [-0.39, 0.29) is 11.6 Å². The summed E-state index contributed by atoms with van der Waals surface area (Å²) in [5.41, 5.74) is 0.0676. The predicted octanol–water partition coefficient (Wildman–Crippen LogP) is 2.61. The van der Waals surface area contributed by atoms with Gasteiger partial charge in [-0.1, -0.05) is 6.07 Å². The van der Waals surface area contributed by atoms with Crippen molar-refractivity contribution in [3.05, 3.63) is 35.4 Å². The molecule has 0 aromatic heterocycles. The molecule has 1 aromatic carbocycles. The van der Waals surface area contributed by atoms with Crippen LogP contribution in [0.5, 0.6) is 0 Å². The molecular weight excluding hydrogens is 238 g/mol. The van der Waals surface area contributed by atoms with Crippen LogP contribution in [0.1, 0.15) is 26.3 Å². The van der Waals surface area contributed by atoms with Gasteiger partial charge in [-0.05, 0) is 38.8 Å². The molecule has 1 rings (SSSR count). The van der Waals surface area contributed by atoms with Gasteiger partial charge >= 0.3 is 6.03 Å². The van der Waals surface area contributed by atoms with Crippen molar-refractivity contribution in [3.63, 3.8) is 0 Å². The van der Waals surface area contributed by atoms with E-state index < -0.39 is 11.6 Å². The summed E-state index contributed by atoms with van der Waals surface area (Å²) in [4.78, 5) is 11.4. The highest BCUT2D eigenvalue weighted by atomic mass is 19.1. The zero-order valence-corrected chi connectivity index (χ0v) is 10.8. The number of carbonyl (C=O) groups excluding carboxylic acids is 1. The Morgan fingerprint density at radius 2 is 1.94 bits per heavy atom. The lowest BCUT2D eigenvalue weighted by Gasteiger charge is -2.20. The normalized spacial score (nSPS) is 11.2. The summed E-state index contributed by atoms with van der Waals surface area (Å²) >= 11 is 0. The Bertz CT molecular complexity index is 427. The molecule has 0 aliphatic rings. The smallest absolute Gasteiger partial charge is 0.315 e. The van der Waals surface area contributed by atoms with Crippen molar-refractivity contribution in [3.8, 4) is 0 Å². The maximum atomic E-state index is 13.3. The fraction of sp³-hybridized carbons (Fsp3) is 0.462. The lowest BCUT2D eigenvalue weighted by molar-refractivity contribution is 0.232. The molecule has 100 valence electrons. The predicted molar refractivity (Wildman–Crippen MR) is 66.3 cm³/mol. The summed E-state index contributed by atoms with van der Waals surface area (Å²) in [6.45, 7) is 5.90. The van der Waals surface area contributed by atoms with Gasteiger partial charge in [0.25, 0.3) is 0 Å². The minimum Gasteiger partial charge on any atom is -0.338 e. The number of amides is 2. The molecule has 0 heterocycles. The van der Waals surface area contributed by atoms with Crippen molar-refractivity contribution in [2.75, 3.05) is 6.54 Å². The molecular formula is C13H18F2N2O. The van der Waals surface area contributed by atoms with Crippen molar-refractivity contribution in [2.24, 2.45) is 0 Å². The van der Waals surface area contributed by atoms with Crippen molar-refractivity contribution in [1.82, 2.24) is 10.6 Å². The summed E-state index contributed by atoms with van der Waals surface area (Å²) in [5.74, 6) is -1.19. The van der Waals surface area contributed by atoms with E-state index in [2.05, 4.69) is 10.6 Å². The molecule has 1 aromatic rings. The SMILES string of the molecule is CC(C)(C)NC(=O)NCCc1ccc(F)cc1F. The first kappa shape index (κ1) is 14.4. The van der Waals surface area contributed by atoms with Crippen LogP contribution in [0.25, 0.3) is 0 Å². The number of rotatable bonds is 3. The summed E-state index contributed by atoms with van der Waals surface area (Å²) in [6.07, 6.45) is 0.323. The number of hydrogen-bond donors (Lipinski definition) is 2. The van der Waals surface area contributed by atoms with E-state index in [1.165, 1.54) is 12.1 Å². The summed E-state index contributed by atoms with van der Waals surface area (Å²) < 4.78 is 25.9. The first-order valence-electron chi connectivity index (χ1n) is 5.78. The van der Waals surface area contributed by atoms with Crippen molar-refractivity contribution < 1.29 is 13.6 Å². The van der Waals surface area contributed by atoms with E-state index in [4.69, 9.17) is 0 Å². The van der Waals surface area contributed by atoms with Gasteiger partial charge in [0.15, 0.2) is 0 Å². The Kier molecular flexibility index (Phi) is 4.64. The van der Waals surface area contributed by atoms with Gasteiger partial charge in [-0.25, -0.2) is 13.6 Å². The Morgan fingerprint density at radius 3 is 2.50 bits per heavy atom. The van der Waals surface area contributed by atoms with Crippen LogP contribution < -0.4 is 10.6 Å². The summed E-state index contributed by atoms with van der Waals surface area (Å²) in [6, 6.07) is 3.12. The molecule has 0 saturated heterocycles. The number of carbonyl (C=O) groups is 1. The van der Waals surface area contributed by atoms with Gasteiger partial charge in [-0.2, -0.15) is 0 Å². The van der Waals surface area contributed by atoms with Gasteiger partial charge in [-0.3, -0.25) is 0 Å². The first-order valence-corrected chi connectivity index (χ1v) is 5.78. The highest BCUT2D eigenvalue weighted by molar-refractivity contribution is 5.74. The average Bonchev–Trinajstić information content (AvgIpc) is 2.18. The lowest BCUT2D eigenvalue weighted by atomic mass is 10.1. The molecule has 3 nitrogen and oxygen atoms in total. The summed E-state index contributed by atoms with van der Waals surface area (Å²) in [7, 11) is 0. The molecule has 0 aliphatic heterocycles. The van der Waals surface area contributed by atoms with Crippen LogP contribution in [0.4, 0.5) is 13.6 Å². The van der Waals surface area contributed by atoms with Gasteiger partial charge in [0.05, 0.1) is 0 Å². The van der Waals surface area contributed by atoms with Gasteiger partial charge in [0, 0.05) is 18.2 Å². The molecule has 0 aliphatic carbocycles. The second-order valence-corrected chi connectivity index (χ2v) is 5.12. The van der Waals surface area contributed by atoms with Crippen LogP contribution in [-0.4, -0.2) is 18.1 Å². The molecule has 2 amide bonds. The molecule has 0 fully saturated rings. The lowest BCUT2D eigenvalue weighted by Crippen LogP contribution is -2.46. The zero-order valence-electron chi connectivity index (χ0n) is 10.8. The first-order chi connectivity index (χ1) is 8.28. The molecule has 0 unspecified atom stereocenters. The molecule has 2 N–H and O–H groups in total. The monoisotopic (exact) mass is 256 g/mol. The molecule has 0 bridgehead atoms. The number of hydrogen-bond acceptors (Lipinski definition) is 1. The third-order valence-electron chi connectivity index (χ3n) is 2.18. The van der Waals surface area contributed by atoms with Gasteiger partial charge in [0.1, 0.15) is 11.6 Å². The minimum atomic E-state index is -0.602. The second kappa shape index (κ2) is 5.80. The van der Waals surface area contributed by atoms with E-state index >= 15 is 0 Å². The van der Waals surface area contributed by atoms with Crippen molar-refractivity contribution >= 4 is 6.03 Å². The van der Waals surface area contributed by atoms with Gasteiger partial charge < -0.3 is 10.6 Å². The number of benzene rings is 1. The van der Waals surface area contributed by atoms with Crippen molar-refractivity contribution in [2.45, 2.75) is 32.7 Å². The Morgan fingerprint density at radius 1 is 1.28 bits per heavy atom. The largest absolute Gasteiger partial charge is 0.338 e. The van der Waals surface area contributed by atoms with Crippen LogP contribution in [0.2, 0.25) is 0 Å². The topological polar surface area (TPSA) is 41.1 Å². The quantitative estimate of drug-likeness (QED) is 0.857. The third kappa shape index (κ3) is 5.12. The Labute approximate surface area is 106 Å². The summed E-state index contributed by atoms with van der Waals surface area (Å²) in [5, 5.41) is 5.34. The van der Waals surface area contributed by atoms with Gasteiger partial charge in [-0.15, -0.1) is 0 Å². The molecule has 0 radical (unpaired) electrons. The van der Waals surface area contributed by atoms with Crippen LogP contribution in [-0.2, 0) is 6.42 Å². The standard InChI is InChI=1S/C13H18F2N2O/c1-13(2,3)17-12(18)16-7-6-9-4-5-10(14)8-11(9)15/h4-5,8H,6-7H2,1-3H3,(H2,16,17,18). The van der Waals surface area contributed by atoms with E-state index in [0.717, 1.165) is 6.07 Å². The van der Waals surface area contributed by atoms with Crippen molar-refractivity contribution in [1.29, 1.82) is 0 Å². The average molecular weight is 256 g/mol. The van der Waals surface area contributed by atoms with Gasteiger partial charge in [0.2, 0.25) is 0 Å². The maximum Gasteiger partial charge on any atom is 0.315 e. The highest BCUT2D eigenvalue weighted by Gasteiger charge is 2.13. The fourth-order valence-electron chi connectivity index (χ4n) is 1.42. The minimum absolute atomic E-state index is 0.296. The second-order valence-electron chi connectivity index (χ2n) is 5.12. The van der Waals surface area contributed by atoms with E-state index in [1.807, 2.05) is 20.8 Å². The van der Waals surface area contributed by atoms with Crippen LogP contribution in [0.3, 0.4) is 0 Å². The maximum absolute atomic E-state index is 13.3. The fourth-order valence-corrected chi connectivity index (χ4v) is 1.42. The molecule has 0 spiro atoms. The highest BCUT2D eigenvalue weighted by Crippen LogP contribution is 2.09. The third-order valence-corrected chi connectivity index (χ3v) is 2.18. The van der Waals surface area contributed by atoms with Crippen LogP contribution in [0, 0.1) is 11.6 Å². The molecule has 0 saturated carbocycles. The Balaban J connectivity index is 2.40. The van der Waals surface area contributed by atoms with E-state index in [0.29, 0.717) is 18.5 Å². The molecule has 0 atom stereocenters. The number of halogens is 2. The number of urea groups is 1. The van der Waals surface area contributed by atoms with Crippen LogP contribution >= 0.6 is 0 Å². The Hall–Kier alpha value is -1.65. The molecule has 5 heteroatoms. The zero-order chi connectivity index (χ0) is 13.8. The van der Waals surface area contributed by atoms with Crippen LogP contribution in [0.15, 0.2) is 18.2 Å². The van der Waals surface area contributed by atoms with E-state index in [9.17, 15) is 13.6 Å². The number of nitrogens with one attached hydrogen (secondary N) is 2.